The van der Waals surface area contributed by atoms with Crippen LogP contribution in [0.25, 0.3) is 6.08 Å². The summed E-state index contributed by atoms with van der Waals surface area (Å²) in [4.78, 5) is 29.2. The van der Waals surface area contributed by atoms with Gasteiger partial charge >= 0.3 is 5.97 Å². The van der Waals surface area contributed by atoms with Crippen LogP contribution in [0.2, 0.25) is 0 Å². The van der Waals surface area contributed by atoms with Crippen LogP contribution in [0.3, 0.4) is 0 Å². The Morgan fingerprint density at radius 3 is 2.52 bits per heavy atom. The standard InChI is InChI=1S/C18H15N3O4/c1-20(2)14-8-6-12(7-9-14)10-16-17(19-25-18(16)22)13-4-3-5-15(11-13)21(23)24/h3-11H,1-2H3. The minimum atomic E-state index is -0.585. The summed E-state index contributed by atoms with van der Waals surface area (Å²) in [5.41, 5.74) is 2.76. The molecule has 2 aromatic carbocycles. The molecule has 1 heterocycles. The quantitative estimate of drug-likeness (QED) is 0.370. The van der Waals surface area contributed by atoms with Gasteiger partial charge in [-0.15, -0.1) is 0 Å². The number of anilines is 1. The molecule has 0 bridgehead atoms. The largest absolute Gasteiger partial charge is 0.378 e. The van der Waals surface area contributed by atoms with Crippen LogP contribution in [-0.2, 0) is 9.63 Å². The molecule has 0 fully saturated rings. The molecule has 0 spiro atoms. The first kappa shape index (κ1) is 16.4. The summed E-state index contributed by atoms with van der Waals surface area (Å²) in [6.07, 6.45) is 1.66. The van der Waals surface area contributed by atoms with Gasteiger partial charge < -0.3 is 9.74 Å². The summed E-state index contributed by atoms with van der Waals surface area (Å²) in [5.74, 6) is -0.585. The van der Waals surface area contributed by atoms with Crippen LogP contribution in [0.4, 0.5) is 11.4 Å². The molecule has 2 aromatic rings. The first-order valence-corrected chi connectivity index (χ1v) is 7.49. The predicted octanol–water partition coefficient (Wildman–Crippen LogP) is 3.01. The van der Waals surface area contributed by atoms with Crippen LogP contribution in [0, 0.1) is 10.1 Å². The number of non-ortho nitro benzene ring substituents is 1. The van der Waals surface area contributed by atoms with Crippen molar-refractivity contribution < 1.29 is 14.6 Å². The Balaban J connectivity index is 1.97. The van der Waals surface area contributed by atoms with E-state index < -0.39 is 10.9 Å². The van der Waals surface area contributed by atoms with Gasteiger partial charge in [0.1, 0.15) is 5.71 Å². The van der Waals surface area contributed by atoms with Crippen molar-refractivity contribution in [2.24, 2.45) is 5.16 Å². The number of nitro benzene ring substituents is 1. The summed E-state index contributed by atoms with van der Waals surface area (Å²) in [7, 11) is 3.88. The summed E-state index contributed by atoms with van der Waals surface area (Å²) in [6, 6.07) is 13.5. The fourth-order valence-electron chi connectivity index (χ4n) is 2.42. The van der Waals surface area contributed by atoms with Crippen molar-refractivity contribution in [2.45, 2.75) is 0 Å². The zero-order valence-corrected chi connectivity index (χ0v) is 13.7. The van der Waals surface area contributed by atoms with Gasteiger partial charge in [0.05, 0.1) is 10.5 Å². The van der Waals surface area contributed by atoms with Gasteiger partial charge in [0.25, 0.3) is 5.69 Å². The second kappa shape index (κ2) is 6.56. The monoisotopic (exact) mass is 337 g/mol. The Labute approximate surface area is 144 Å². The van der Waals surface area contributed by atoms with Crippen LogP contribution in [-0.4, -0.2) is 30.7 Å². The van der Waals surface area contributed by atoms with Gasteiger partial charge in [0.2, 0.25) is 0 Å². The third-order valence-electron chi connectivity index (χ3n) is 3.75. The van der Waals surface area contributed by atoms with Gasteiger partial charge in [0, 0.05) is 37.5 Å². The Kier molecular flexibility index (Phi) is 4.30. The molecule has 25 heavy (non-hydrogen) atoms. The predicted molar refractivity (Wildman–Crippen MR) is 94.5 cm³/mol. The van der Waals surface area contributed by atoms with Gasteiger partial charge in [-0.1, -0.05) is 29.4 Å². The van der Waals surface area contributed by atoms with Crippen molar-refractivity contribution >= 4 is 29.1 Å². The molecule has 126 valence electrons. The highest BCUT2D eigenvalue weighted by Gasteiger charge is 2.27. The molecule has 0 atom stereocenters. The molecule has 0 N–H and O–H groups in total. The van der Waals surface area contributed by atoms with E-state index in [1.165, 1.54) is 12.1 Å². The van der Waals surface area contributed by atoms with E-state index in [1.54, 1.807) is 18.2 Å². The average Bonchev–Trinajstić information content (AvgIpc) is 2.96. The number of carbonyl (C=O) groups excluding carboxylic acids is 1. The van der Waals surface area contributed by atoms with E-state index in [4.69, 9.17) is 4.84 Å². The lowest BCUT2D eigenvalue weighted by Crippen LogP contribution is -2.08. The average molecular weight is 337 g/mol. The lowest BCUT2D eigenvalue weighted by molar-refractivity contribution is -0.384. The van der Waals surface area contributed by atoms with E-state index in [9.17, 15) is 14.9 Å². The lowest BCUT2D eigenvalue weighted by Gasteiger charge is -2.11. The number of nitro groups is 1. The topological polar surface area (TPSA) is 85.0 Å². The molecule has 1 aliphatic heterocycles. The van der Waals surface area contributed by atoms with E-state index >= 15 is 0 Å². The minimum absolute atomic E-state index is 0.0748. The number of carbonyl (C=O) groups is 1. The van der Waals surface area contributed by atoms with Gasteiger partial charge in [-0.05, 0) is 23.8 Å². The van der Waals surface area contributed by atoms with Gasteiger partial charge in [0.15, 0.2) is 0 Å². The summed E-state index contributed by atoms with van der Waals surface area (Å²) in [5, 5.41) is 14.7. The zero-order valence-electron chi connectivity index (χ0n) is 13.7. The number of rotatable bonds is 4. The smallest absolute Gasteiger partial charge is 0.368 e. The Hall–Kier alpha value is -3.48. The SMILES string of the molecule is CN(C)c1ccc(C=C2C(=O)ON=C2c2cccc([N+](=O)[O-])c2)cc1. The Morgan fingerprint density at radius 2 is 1.88 bits per heavy atom. The highest BCUT2D eigenvalue weighted by molar-refractivity contribution is 6.31. The summed E-state index contributed by atoms with van der Waals surface area (Å²) in [6.45, 7) is 0. The second-order valence-electron chi connectivity index (χ2n) is 5.67. The van der Waals surface area contributed by atoms with Crippen molar-refractivity contribution in [3.05, 3.63) is 75.3 Å². The van der Waals surface area contributed by atoms with Crippen molar-refractivity contribution in [3.8, 4) is 0 Å². The number of hydrogen-bond acceptors (Lipinski definition) is 6. The molecule has 7 heteroatoms. The van der Waals surface area contributed by atoms with Gasteiger partial charge in [-0.25, -0.2) is 4.79 Å². The zero-order chi connectivity index (χ0) is 18.0. The lowest BCUT2D eigenvalue weighted by atomic mass is 10.00. The van der Waals surface area contributed by atoms with E-state index in [-0.39, 0.29) is 17.0 Å². The van der Waals surface area contributed by atoms with Crippen LogP contribution < -0.4 is 4.90 Å². The fraction of sp³-hybridized carbons (Fsp3) is 0.111. The molecule has 0 aliphatic carbocycles. The van der Waals surface area contributed by atoms with E-state index in [0.29, 0.717) is 5.56 Å². The first-order chi connectivity index (χ1) is 12.0. The number of oxime groups is 1. The molecule has 0 amide bonds. The van der Waals surface area contributed by atoms with Crippen LogP contribution in [0.5, 0.6) is 0 Å². The molecular formula is C18H15N3O4. The Bertz CT molecular complexity index is 899. The fourth-order valence-corrected chi connectivity index (χ4v) is 2.42. The van der Waals surface area contributed by atoms with Crippen LogP contribution in [0.15, 0.2) is 59.3 Å². The highest BCUT2D eigenvalue weighted by atomic mass is 16.7. The highest BCUT2D eigenvalue weighted by Crippen LogP contribution is 2.24. The first-order valence-electron chi connectivity index (χ1n) is 7.49. The van der Waals surface area contributed by atoms with Gasteiger partial charge in [-0.2, -0.15) is 0 Å². The third kappa shape index (κ3) is 3.40. The van der Waals surface area contributed by atoms with Crippen LogP contribution >= 0.6 is 0 Å². The number of hydrogen-bond donors (Lipinski definition) is 0. The maximum atomic E-state index is 12.0. The molecule has 0 saturated carbocycles. The van der Waals surface area contributed by atoms with E-state index in [1.807, 2.05) is 43.3 Å². The minimum Gasteiger partial charge on any atom is -0.378 e. The number of benzene rings is 2. The van der Waals surface area contributed by atoms with Crippen LogP contribution in [0.1, 0.15) is 11.1 Å². The molecule has 1 aliphatic rings. The maximum Gasteiger partial charge on any atom is 0.368 e. The molecule has 7 nitrogen and oxygen atoms in total. The molecular weight excluding hydrogens is 322 g/mol. The van der Waals surface area contributed by atoms with Gasteiger partial charge in [-0.3, -0.25) is 10.1 Å². The van der Waals surface area contributed by atoms with Crippen molar-refractivity contribution in [3.63, 3.8) is 0 Å². The number of nitrogens with zero attached hydrogens (tertiary/aromatic N) is 3. The summed E-state index contributed by atoms with van der Waals surface area (Å²) < 4.78 is 0. The normalized spacial score (nSPS) is 15.0. The maximum absolute atomic E-state index is 12.0. The molecule has 0 saturated heterocycles. The van der Waals surface area contributed by atoms with Crippen molar-refractivity contribution in [1.29, 1.82) is 0 Å². The van der Waals surface area contributed by atoms with E-state index in [0.717, 1.165) is 11.3 Å². The second-order valence-corrected chi connectivity index (χ2v) is 5.67. The van der Waals surface area contributed by atoms with Crippen molar-refractivity contribution in [2.75, 3.05) is 19.0 Å². The van der Waals surface area contributed by atoms with Crippen molar-refractivity contribution in [1.82, 2.24) is 0 Å². The molecule has 0 unspecified atom stereocenters. The molecule has 0 aromatic heterocycles. The summed E-state index contributed by atoms with van der Waals surface area (Å²) >= 11 is 0. The Morgan fingerprint density at radius 1 is 1.16 bits per heavy atom. The molecule has 3 rings (SSSR count). The third-order valence-corrected chi connectivity index (χ3v) is 3.75. The molecule has 0 radical (unpaired) electrons. The van der Waals surface area contributed by atoms with E-state index in [2.05, 4.69) is 5.16 Å².